The Kier molecular flexibility index (Phi) is 9.36. The molecule has 0 saturated heterocycles. The van der Waals surface area contributed by atoms with Gasteiger partial charge in [0.05, 0.1) is 10.5 Å². The van der Waals surface area contributed by atoms with E-state index in [1.165, 1.54) is 18.2 Å². The van der Waals surface area contributed by atoms with E-state index in [0.717, 1.165) is 18.1 Å². The molecule has 0 aliphatic heterocycles. The van der Waals surface area contributed by atoms with Crippen molar-refractivity contribution in [1.82, 2.24) is 15.4 Å². The molecule has 0 heterocycles. The fourth-order valence-corrected chi connectivity index (χ4v) is 3.61. The molecule has 0 fully saturated rings. The second kappa shape index (κ2) is 12.0. The largest absolute Gasteiger partial charge is 0.452 e. The fraction of sp³-hybridized carbons (Fsp3) is 0.318. The lowest BCUT2D eigenvalue weighted by Crippen LogP contribution is -2.42. The Hall–Kier alpha value is -3.24. The molecule has 10 heteroatoms. The standard InChI is InChI=1S/C22H27N3O6S/c1-16(2)11-12-23-22(28)25-20(26)15-31-21(27)18-9-6-10-19(13-18)32(29,30)24-14-17-7-4-3-5-8-17/h3-10,13,16,24H,11-12,14-15H2,1-2H3,(H2,23,25,26,28). The molecular formula is C22H27N3O6S. The van der Waals surface area contributed by atoms with Crippen LogP contribution in [0.2, 0.25) is 0 Å². The van der Waals surface area contributed by atoms with Crippen LogP contribution in [0, 0.1) is 5.92 Å². The minimum absolute atomic E-state index is 0.0400. The summed E-state index contributed by atoms with van der Waals surface area (Å²) in [4.78, 5) is 35.5. The summed E-state index contributed by atoms with van der Waals surface area (Å²) in [5, 5.41) is 4.58. The average Bonchev–Trinajstić information content (AvgIpc) is 2.76. The molecule has 0 radical (unpaired) electrons. The zero-order valence-electron chi connectivity index (χ0n) is 18.0. The van der Waals surface area contributed by atoms with Crippen molar-refractivity contribution in [3.05, 3.63) is 65.7 Å². The molecule has 9 nitrogen and oxygen atoms in total. The molecule has 0 aliphatic rings. The van der Waals surface area contributed by atoms with Gasteiger partial charge in [-0.15, -0.1) is 0 Å². The van der Waals surface area contributed by atoms with Crippen LogP contribution >= 0.6 is 0 Å². The van der Waals surface area contributed by atoms with Gasteiger partial charge in [0.25, 0.3) is 5.91 Å². The molecule has 2 aromatic carbocycles. The van der Waals surface area contributed by atoms with Gasteiger partial charge in [-0.3, -0.25) is 10.1 Å². The van der Waals surface area contributed by atoms with Gasteiger partial charge in [-0.05, 0) is 36.1 Å². The maximum Gasteiger partial charge on any atom is 0.338 e. The van der Waals surface area contributed by atoms with Gasteiger partial charge in [-0.2, -0.15) is 0 Å². The number of ether oxygens (including phenoxy) is 1. The lowest BCUT2D eigenvalue weighted by molar-refractivity contribution is -0.123. The van der Waals surface area contributed by atoms with E-state index in [0.29, 0.717) is 12.5 Å². The van der Waals surface area contributed by atoms with Crippen molar-refractivity contribution in [2.24, 2.45) is 5.92 Å². The van der Waals surface area contributed by atoms with Gasteiger partial charge in [0.1, 0.15) is 0 Å². The molecule has 3 N–H and O–H groups in total. The zero-order chi connectivity index (χ0) is 23.6. The van der Waals surface area contributed by atoms with Crippen molar-refractivity contribution in [1.29, 1.82) is 0 Å². The van der Waals surface area contributed by atoms with Gasteiger partial charge < -0.3 is 10.1 Å². The van der Waals surface area contributed by atoms with Crippen LogP contribution in [0.5, 0.6) is 0 Å². The Labute approximate surface area is 187 Å². The van der Waals surface area contributed by atoms with Crippen molar-refractivity contribution in [2.75, 3.05) is 13.2 Å². The lowest BCUT2D eigenvalue weighted by Gasteiger charge is -2.10. The van der Waals surface area contributed by atoms with E-state index < -0.39 is 34.5 Å². The second-order valence-corrected chi connectivity index (χ2v) is 9.17. The van der Waals surface area contributed by atoms with Crippen LogP contribution in [0.4, 0.5) is 4.79 Å². The molecule has 3 amide bonds. The number of rotatable bonds is 10. The molecule has 172 valence electrons. The molecule has 0 spiro atoms. The summed E-state index contributed by atoms with van der Waals surface area (Å²) in [5.74, 6) is -1.28. The Morgan fingerprint density at radius 1 is 1.00 bits per heavy atom. The minimum atomic E-state index is -3.87. The number of benzene rings is 2. The number of hydrogen-bond acceptors (Lipinski definition) is 6. The fourth-order valence-electron chi connectivity index (χ4n) is 2.54. The van der Waals surface area contributed by atoms with Gasteiger partial charge in [0.2, 0.25) is 10.0 Å². The van der Waals surface area contributed by atoms with Crippen LogP contribution in [-0.4, -0.2) is 39.5 Å². The zero-order valence-corrected chi connectivity index (χ0v) is 18.8. The summed E-state index contributed by atoms with van der Waals surface area (Å²) >= 11 is 0. The van der Waals surface area contributed by atoms with Crippen LogP contribution in [0.3, 0.4) is 0 Å². The first-order chi connectivity index (χ1) is 15.2. The van der Waals surface area contributed by atoms with Gasteiger partial charge in [-0.1, -0.05) is 50.2 Å². The van der Waals surface area contributed by atoms with Crippen molar-refractivity contribution in [3.8, 4) is 0 Å². The number of amides is 3. The molecule has 0 unspecified atom stereocenters. The smallest absolute Gasteiger partial charge is 0.338 e. The molecule has 0 aromatic heterocycles. The first-order valence-electron chi connectivity index (χ1n) is 10.1. The Bertz CT molecular complexity index is 1040. The maximum absolute atomic E-state index is 12.5. The first kappa shape index (κ1) is 25.0. The van der Waals surface area contributed by atoms with Crippen LogP contribution in [0.1, 0.15) is 36.2 Å². The van der Waals surface area contributed by atoms with E-state index in [1.54, 1.807) is 24.3 Å². The highest BCUT2D eigenvalue weighted by Crippen LogP contribution is 2.13. The lowest BCUT2D eigenvalue weighted by atomic mass is 10.1. The van der Waals surface area contributed by atoms with E-state index in [1.807, 2.05) is 19.9 Å². The van der Waals surface area contributed by atoms with Crippen molar-refractivity contribution >= 4 is 27.9 Å². The molecule has 0 bridgehead atoms. The maximum atomic E-state index is 12.5. The third kappa shape index (κ3) is 8.48. The summed E-state index contributed by atoms with van der Waals surface area (Å²) in [6, 6.07) is 13.6. The molecule has 2 rings (SSSR count). The number of carbonyl (C=O) groups excluding carboxylic acids is 3. The number of urea groups is 1. The van der Waals surface area contributed by atoms with E-state index in [9.17, 15) is 22.8 Å². The Morgan fingerprint density at radius 2 is 1.72 bits per heavy atom. The Morgan fingerprint density at radius 3 is 2.41 bits per heavy atom. The van der Waals surface area contributed by atoms with Crippen LogP contribution in [0.25, 0.3) is 0 Å². The first-order valence-corrected chi connectivity index (χ1v) is 11.5. The number of imide groups is 1. The number of hydrogen-bond donors (Lipinski definition) is 3. The molecule has 0 aliphatic carbocycles. The summed E-state index contributed by atoms with van der Waals surface area (Å²) in [7, 11) is -3.87. The summed E-state index contributed by atoms with van der Waals surface area (Å²) < 4.78 is 32.4. The molecule has 0 saturated carbocycles. The van der Waals surface area contributed by atoms with Gasteiger partial charge in [-0.25, -0.2) is 22.7 Å². The van der Waals surface area contributed by atoms with E-state index in [2.05, 4.69) is 15.4 Å². The van der Waals surface area contributed by atoms with E-state index >= 15 is 0 Å². The topological polar surface area (TPSA) is 131 Å². The number of sulfonamides is 1. The highest BCUT2D eigenvalue weighted by Gasteiger charge is 2.18. The van der Waals surface area contributed by atoms with Crippen molar-refractivity contribution in [2.45, 2.75) is 31.7 Å². The van der Waals surface area contributed by atoms with Crippen molar-refractivity contribution in [3.63, 3.8) is 0 Å². The summed E-state index contributed by atoms with van der Waals surface area (Å²) in [6.07, 6.45) is 0.760. The molecule has 0 atom stereocenters. The van der Waals surface area contributed by atoms with Gasteiger partial charge >= 0.3 is 12.0 Å². The van der Waals surface area contributed by atoms with Crippen LogP contribution in [0.15, 0.2) is 59.5 Å². The predicted molar refractivity (Wildman–Crippen MR) is 118 cm³/mol. The number of esters is 1. The molecule has 2 aromatic rings. The minimum Gasteiger partial charge on any atom is -0.452 e. The van der Waals surface area contributed by atoms with Gasteiger partial charge in [0, 0.05) is 13.1 Å². The van der Waals surface area contributed by atoms with Crippen molar-refractivity contribution < 1.29 is 27.5 Å². The third-order valence-electron chi connectivity index (χ3n) is 4.28. The molecule has 32 heavy (non-hydrogen) atoms. The molecular weight excluding hydrogens is 434 g/mol. The summed E-state index contributed by atoms with van der Waals surface area (Å²) in [6.45, 7) is 3.83. The third-order valence-corrected chi connectivity index (χ3v) is 5.68. The van der Waals surface area contributed by atoms with Crippen LogP contribution < -0.4 is 15.4 Å². The average molecular weight is 462 g/mol. The number of carbonyl (C=O) groups is 3. The Balaban J connectivity index is 1.88. The van der Waals surface area contributed by atoms with Crippen LogP contribution in [-0.2, 0) is 26.1 Å². The number of nitrogens with one attached hydrogen (secondary N) is 3. The van der Waals surface area contributed by atoms with E-state index in [4.69, 9.17) is 4.74 Å². The second-order valence-electron chi connectivity index (χ2n) is 7.40. The highest BCUT2D eigenvalue weighted by atomic mass is 32.2. The highest BCUT2D eigenvalue weighted by molar-refractivity contribution is 7.89. The van der Waals surface area contributed by atoms with Gasteiger partial charge in [0.15, 0.2) is 6.61 Å². The SMILES string of the molecule is CC(C)CCNC(=O)NC(=O)COC(=O)c1cccc(S(=O)(=O)NCc2ccccc2)c1. The normalized spacial score (nSPS) is 11.1. The quantitative estimate of drug-likeness (QED) is 0.465. The summed E-state index contributed by atoms with van der Waals surface area (Å²) in [5.41, 5.74) is 0.743. The predicted octanol–water partition coefficient (Wildman–Crippen LogP) is 2.19. The monoisotopic (exact) mass is 461 g/mol. The van der Waals surface area contributed by atoms with E-state index in [-0.39, 0.29) is 17.0 Å².